The number of aliphatic carboxylic acids is 1. The Labute approximate surface area is 106 Å². The molecule has 0 aliphatic heterocycles. The minimum atomic E-state index is -0.826. The van der Waals surface area contributed by atoms with E-state index in [0.29, 0.717) is 5.82 Å². The van der Waals surface area contributed by atoms with Gasteiger partial charge in [0.15, 0.2) is 0 Å². The Morgan fingerprint density at radius 3 is 2.72 bits per heavy atom. The summed E-state index contributed by atoms with van der Waals surface area (Å²) >= 11 is 0. The molecular weight excluding hydrogens is 228 g/mol. The van der Waals surface area contributed by atoms with E-state index in [0.717, 1.165) is 10.9 Å². The van der Waals surface area contributed by atoms with Crippen molar-refractivity contribution in [2.75, 3.05) is 5.32 Å². The number of pyridine rings is 1. The maximum atomic E-state index is 10.8. The Bertz CT molecular complexity index is 579. The van der Waals surface area contributed by atoms with Crippen LogP contribution in [0.3, 0.4) is 0 Å². The maximum Gasteiger partial charge on any atom is 0.305 e. The molecule has 0 saturated heterocycles. The minimum absolute atomic E-state index is 0.0432. The highest BCUT2D eigenvalue weighted by Crippen LogP contribution is 2.19. The van der Waals surface area contributed by atoms with Crippen molar-refractivity contribution in [3.8, 4) is 0 Å². The molecule has 0 aliphatic carbocycles. The Balaban J connectivity index is 2.24. The number of nitrogens with zero attached hydrogens (tertiary/aromatic N) is 1. The van der Waals surface area contributed by atoms with E-state index in [2.05, 4.69) is 10.3 Å². The summed E-state index contributed by atoms with van der Waals surface area (Å²) in [6.07, 6.45) is 0.0432. The van der Waals surface area contributed by atoms with Crippen molar-refractivity contribution in [3.05, 3.63) is 36.4 Å². The second-order valence-electron chi connectivity index (χ2n) is 4.97. The van der Waals surface area contributed by atoms with E-state index in [1.807, 2.05) is 50.2 Å². The van der Waals surface area contributed by atoms with Crippen molar-refractivity contribution < 1.29 is 9.90 Å². The van der Waals surface area contributed by atoms with Gasteiger partial charge in [0.1, 0.15) is 5.82 Å². The summed E-state index contributed by atoms with van der Waals surface area (Å²) in [4.78, 5) is 15.2. The highest BCUT2D eigenvalue weighted by atomic mass is 16.4. The van der Waals surface area contributed by atoms with E-state index in [1.54, 1.807) is 0 Å². The van der Waals surface area contributed by atoms with Crippen LogP contribution in [0.4, 0.5) is 5.82 Å². The molecule has 2 aromatic rings. The number of rotatable bonds is 4. The molecule has 18 heavy (non-hydrogen) atoms. The van der Waals surface area contributed by atoms with Crippen LogP contribution in [0, 0.1) is 0 Å². The van der Waals surface area contributed by atoms with Gasteiger partial charge in [0.05, 0.1) is 11.9 Å². The normalized spacial score (nSPS) is 11.4. The molecule has 2 N–H and O–H groups in total. The first-order valence-corrected chi connectivity index (χ1v) is 5.82. The summed E-state index contributed by atoms with van der Waals surface area (Å²) in [6, 6.07) is 11.7. The Hall–Kier alpha value is -2.10. The number of nitrogens with one attached hydrogen (secondary N) is 1. The lowest BCUT2D eigenvalue weighted by Gasteiger charge is -2.25. The van der Waals surface area contributed by atoms with Gasteiger partial charge in [-0.1, -0.05) is 18.2 Å². The molecule has 1 aromatic carbocycles. The smallest absolute Gasteiger partial charge is 0.305 e. The van der Waals surface area contributed by atoms with Gasteiger partial charge in [-0.05, 0) is 32.0 Å². The SMILES string of the molecule is CC(C)(CC(=O)O)Nc1ccc2ccccc2n1. The molecule has 4 heteroatoms. The molecule has 94 valence electrons. The first kappa shape index (κ1) is 12.4. The van der Waals surface area contributed by atoms with E-state index < -0.39 is 11.5 Å². The van der Waals surface area contributed by atoms with E-state index in [4.69, 9.17) is 5.11 Å². The third-order valence-electron chi connectivity index (χ3n) is 2.66. The molecule has 1 aromatic heterocycles. The highest BCUT2D eigenvalue weighted by molar-refractivity contribution is 5.80. The lowest BCUT2D eigenvalue weighted by molar-refractivity contribution is -0.137. The Morgan fingerprint density at radius 1 is 1.28 bits per heavy atom. The zero-order valence-electron chi connectivity index (χ0n) is 10.5. The number of carbonyl (C=O) groups is 1. The first-order chi connectivity index (χ1) is 8.46. The third-order valence-corrected chi connectivity index (χ3v) is 2.66. The van der Waals surface area contributed by atoms with Gasteiger partial charge in [0.2, 0.25) is 0 Å². The van der Waals surface area contributed by atoms with Crippen molar-refractivity contribution in [2.45, 2.75) is 25.8 Å². The van der Waals surface area contributed by atoms with Crippen LogP contribution < -0.4 is 5.32 Å². The number of para-hydroxylation sites is 1. The van der Waals surface area contributed by atoms with Gasteiger partial charge < -0.3 is 10.4 Å². The molecule has 0 bridgehead atoms. The van der Waals surface area contributed by atoms with Crippen LogP contribution in [0.2, 0.25) is 0 Å². The molecule has 0 aliphatic rings. The summed E-state index contributed by atoms with van der Waals surface area (Å²) in [5, 5.41) is 13.1. The fraction of sp³-hybridized carbons (Fsp3) is 0.286. The van der Waals surface area contributed by atoms with E-state index in [9.17, 15) is 4.79 Å². The van der Waals surface area contributed by atoms with Crippen LogP contribution in [0.5, 0.6) is 0 Å². The predicted octanol–water partition coefficient (Wildman–Crippen LogP) is 2.90. The van der Waals surface area contributed by atoms with Crippen molar-refractivity contribution in [1.82, 2.24) is 4.98 Å². The monoisotopic (exact) mass is 244 g/mol. The van der Waals surface area contributed by atoms with Crippen LogP contribution in [0.15, 0.2) is 36.4 Å². The average molecular weight is 244 g/mol. The molecule has 1 heterocycles. The van der Waals surface area contributed by atoms with Crippen molar-refractivity contribution in [1.29, 1.82) is 0 Å². The van der Waals surface area contributed by atoms with Gasteiger partial charge in [-0.25, -0.2) is 4.98 Å². The zero-order valence-corrected chi connectivity index (χ0v) is 10.5. The van der Waals surface area contributed by atoms with Gasteiger partial charge in [-0.2, -0.15) is 0 Å². The topological polar surface area (TPSA) is 62.2 Å². The standard InChI is InChI=1S/C14H16N2O2/c1-14(2,9-13(17)18)16-12-8-7-10-5-3-4-6-11(10)15-12/h3-8H,9H2,1-2H3,(H,15,16)(H,17,18). The van der Waals surface area contributed by atoms with Crippen LogP contribution in [0.25, 0.3) is 10.9 Å². The van der Waals surface area contributed by atoms with Gasteiger partial charge in [-0.3, -0.25) is 4.79 Å². The molecule has 0 amide bonds. The van der Waals surface area contributed by atoms with Crippen LogP contribution in [0.1, 0.15) is 20.3 Å². The number of hydrogen-bond acceptors (Lipinski definition) is 3. The molecular formula is C14H16N2O2. The number of fused-ring (bicyclic) bond motifs is 1. The van der Waals surface area contributed by atoms with E-state index in [-0.39, 0.29) is 6.42 Å². The molecule has 0 fully saturated rings. The Morgan fingerprint density at radius 2 is 2.00 bits per heavy atom. The van der Waals surface area contributed by atoms with Crippen LogP contribution >= 0.6 is 0 Å². The number of benzene rings is 1. The quantitative estimate of drug-likeness (QED) is 0.868. The summed E-state index contributed by atoms with van der Waals surface area (Å²) in [7, 11) is 0. The summed E-state index contributed by atoms with van der Waals surface area (Å²) in [6.45, 7) is 3.69. The van der Waals surface area contributed by atoms with E-state index in [1.165, 1.54) is 0 Å². The average Bonchev–Trinajstić information content (AvgIpc) is 2.26. The zero-order chi connectivity index (χ0) is 13.2. The molecule has 0 saturated carbocycles. The molecule has 0 atom stereocenters. The number of hydrogen-bond donors (Lipinski definition) is 2. The van der Waals surface area contributed by atoms with Crippen LogP contribution in [-0.2, 0) is 4.79 Å². The van der Waals surface area contributed by atoms with Gasteiger partial charge in [0, 0.05) is 10.9 Å². The van der Waals surface area contributed by atoms with Crippen molar-refractivity contribution >= 4 is 22.7 Å². The lowest BCUT2D eigenvalue weighted by atomic mass is 10.0. The largest absolute Gasteiger partial charge is 0.481 e. The second-order valence-corrected chi connectivity index (χ2v) is 4.97. The lowest BCUT2D eigenvalue weighted by Crippen LogP contribution is -2.33. The summed E-state index contributed by atoms with van der Waals surface area (Å²) in [5.74, 6) is -0.131. The molecule has 2 rings (SSSR count). The number of aromatic nitrogens is 1. The van der Waals surface area contributed by atoms with E-state index >= 15 is 0 Å². The predicted molar refractivity (Wildman–Crippen MR) is 71.7 cm³/mol. The molecule has 4 nitrogen and oxygen atoms in total. The number of anilines is 1. The van der Waals surface area contributed by atoms with Gasteiger partial charge in [-0.15, -0.1) is 0 Å². The third kappa shape index (κ3) is 2.97. The number of carboxylic acids is 1. The first-order valence-electron chi connectivity index (χ1n) is 5.82. The fourth-order valence-corrected chi connectivity index (χ4v) is 1.90. The summed E-state index contributed by atoms with van der Waals surface area (Å²) in [5.41, 5.74) is 0.370. The van der Waals surface area contributed by atoms with Crippen molar-refractivity contribution in [2.24, 2.45) is 0 Å². The molecule has 0 radical (unpaired) electrons. The number of carboxylic acid groups (broad SMARTS) is 1. The molecule has 0 spiro atoms. The maximum absolute atomic E-state index is 10.8. The minimum Gasteiger partial charge on any atom is -0.481 e. The Kier molecular flexibility index (Phi) is 3.19. The van der Waals surface area contributed by atoms with Gasteiger partial charge >= 0.3 is 5.97 Å². The van der Waals surface area contributed by atoms with Crippen LogP contribution in [-0.4, -0.2) is 21.6 Å². The molecule has 0 unspecified atom stereocenters. The highest BCUT2D eigenvalue weighted by Gasteiger charge is 2.21. The second kappa shape index (κ2) is 4.64. The van der Waals surface area contributed by atoms with Gasteiger partial charge in [0.25, 0.3) is 0 Å². The van der Waals surface area contributed by atoms with Crippen molar-refractivity contribution in [3.63, 3.8) is 0 Å². The fourth-order valence-electron chi connectivity index (χ4n) is 1.90. The summed E-state index contributed by atoms with van der Waals surface area (Å²) < 4.78 is 0.